The van der Waals surface area contributed by atoms with E-state index in [1.54, 1.807) is 26.8 Å². The molecular formula is C50H75FN4O9Si. The zero-order valence-electron chi connectivity index (χ0n) is 41.5. The number of unbranched alkanes of at least 4 members (excludes halogenated alkanes) is 2. The van der Waals surface area contributed by atoms with Crippen molar-refractivity contribution < 1.29 is 47.0 Å². The van der Waals surface area contributed by atoms with Crippen LogP contribution < -0.4 is 14.4 Å². The Morgan fingerprint density at radius 1 is 1.05 bits per heavy atom. The first-order valence-electron chi connectivity index (χ1n) is 23.7. The Labute approximate surface area is 387 Å². The fraction of sp³-hybridized carbons (Fsp3) is 0.680. The van der Waals surface area contributed by atoms with Crippen molar-refractivity contribution in [1.29, 1.82) is 0 Å². The standard InChI is InChI=1S/C50H75FN4O9Si/c1-16-19-22-60-42-36-32(38(51)33-28-54(21-18-3)31(24-29(4)5)27-55(39(33)42)47(59)62-48(6,7)8)25-30-26-34-40(53(12)13)43-37(46(52-63-43)61-23-20-17-2)45(58)50(34,44(57)35(30)41(36)56)64-65(14,15)49(9,10)11/h18,29-31,34,40,56H,3,16-17,19-28H2,1-2,4-15H3/t30-,31+,34-,40-,50-/m0/s1. The molecule has 65 heavy (non-hydrogen) atoms. The highest BCUT2D eigenvalue weighted by Gasteiger charge is 2.69. The number of halogens is 1. The molecule has 1 aliphatic heterocycles. The number of carbonyl (C=O) groups excluding carboxylic acids is 3. The van der Waals surface area contributed by atoms with E-state index >= 15 is 14.0 Å². The highest BCUT2D eigenvalue weighted by molar-refractivity contribution is 6.74. The minimum Gasteiger partial charge on any atom is -0.507 e. The van der Waals surface area contributed by atoms with Crippen LogP contribution in [-0.4, -0.2) is 104 Å². The van der Waals surface area contributed by atoms with E-state index in [4.69, 9.17) is 23.2 Å². The van der Waals surface area contributed by atoms with E-state index in [-0.39, 0.29) is 102 Å². The molecule has 15 heteroatoms. The van der Waals surface area contributed by atoms with Crippen molar-refractivity contribution in [1.82, 2.24) is 15.0 Å². The lowest BCUT2D eigenvalue weighted by Crippen LogP contribution is -2.68. The third-order valence-electron chi connectivity index (χ3n) is 14.0. The number of hydrogen-bond acceptors (Lipinski definition) is 12. The average molecular weight is 923 g/mol. The summed E-state index contributed by atoms with van der Waals surface area (Å²) in [5.41, 5.74) is -2.38. The van der Waals surface area contributed by atoms with E-state index in [2.05, 4.69) is 30.5 Å². The van der Waals surface area contributed by atoms with Crippen LogP contribution in [0.4, 0.5) is 14.9 Å². The number of nitrogens with zero attached hydrogens (tertiary/aromatic N) is 4. The summed E-state index contributed by atoms with van der Waals surface area (Å²) in [4.78, 5) is 51.8. The molecule has 5 atom stereocenters. The molecule has 1 fully saturated rings. The van der Waals surface area contributed by atoms with Gasteiger partial charge in [0.25, 0.3) is 5.88 Å². The molecule has 6 rings (SSSR count). The van der Waals surface area contributed by atoms with Gasteiger partial charge in [-0.05, 0) is 102 Å². The molecule has 1 aromatic heterocycles. The summed E-state index contributed by atoms with van der Waals surface area (Å²) in [5.74, 6) is -3.28. The number of Topliss-reactive ketones (excluding diaryl/α,β-unsaturated/α-hetero) is 2. The van der Waals surface area contributed by atoms with E-state index in [0.29, 0.717) is 25.8 Å². The van der Waals surface area contributed by atoms with Gasteiger partial charge < -0.3 is 28.3 Å². The summed E-state index contributed by atoms with van der Waals surface area (Å²) >= 11 is 0. The molecule has 3 aliphatic carbocycles. The van der Waals surface area contributed by atoms with Gasteiger partial charge in [0.15, 0.2) is 25.4 Å². The van der Waals surface area contributed by atoms with Crippen LogP contribution in [0.3, 0.4) is 0 Å². The molecule has 0 bridgehead atoms. The lowest BCUT2D eigenvalue weighted by atomic mass is 9.57. The number of carbonyl (C=O) groups is 3. The number of aromatic nitrogens is 1. The molecule has 13 nitrogen and oxygen atoms in total. The Morgan fingerprint density at radius 3 is 2.26 bits per heavy atom. The number of amides is 1. The Kier molecular flexibility index (Phi) is 14.7. The highest BCUT2D eigenvalue weighted by Crippen LogP contribution is 2.60. The minimum atomic E-state index is -3.01. The monoisotopic (exact) mass is 923 g/mol. The van der Waals surface area contributed by atoms with Crippen LogP contribution in [0.1, 0.15) is 147 Å². The predicted octanol–water partition coefficient (Wildman–Crippen LogP) is 10.6. The largest absolute Gasteiger partial charge is 0.507 e. The summed E-state index contributed by atoms with van der Waals surface area (Å²) in [5, 5.41) is 16.8. The van der Waals surface area contributed by atoms with Crippen molar-refractivity contribution in [3.05, 3.63) is 52.1 Å². The minimum absolute atomic E-state index is 0.00366. The first kappa shape index (κ1) is 50.4. The van der Waals surface area contributed by atoms with Gasteiger partial charge in [0, 0.05) is 48.3 Å². The molecule has 2 aromatic rings. The lowest BCUT2D eigenvalue weighted by molar-refractivity contribution is -0.140. The molecule has 2 heterocycles. The second-order valence-corrected chi connectivity index (χ2v) is 26.4. The molecule has 0 unspecified atom stereocenters. The van der Waals surface area contributed by atoms with Gasteiger partial charge in [0.1, 0.15) is 22.7 Å². The van der Waals surface area contributed by atoms with Gasteiger partial charge in [0.2, 0.25) is 11.6 Å². The van der Waals surface area contributed by atoms with Crippen molar-refractivity contribution in [3.63, 3.8) is 0 Å². The number of benzene rings is 1. The lowest BCUT2D eigenvalue weighted by Gasteiger charge is -2.55. The van der Waals surface area contributed by atoms with Crippen molar-refractivity contribution in [3.8, 4) is 11.6 Å². The Bertz CT molecular complexity index is 2190. The van der Waals surface area contributed by atoms with Gasteiger partial charge in [-0.15, -0.1) is 6.58 Å². The molecule has 1 aromatic carbocycles. The summed E-state index contributed by atoms with van der Waals surface area (Å²) in [7, 11) is 0.709. The third kappa shape index (κ3) is 9.20. The van der Waals surface area contributed by atoms with Crippen LogP contribution in [0.5, 0.6) is 11.6 Å². The van der Waals surface area contributed by atoms with Crippen molar-refractivity contribution in [2.45, 2.75) is 162 Å². The number of anilines is 1. The van der Waals surface area contributed by atoms with Crippen LogP contribution in [0.25, 0.3) is 5.76 Å². The summed E-state index contributed by atoms with van der Waals surface area (Å²) in [6, 6.07) is -0.889. The zero-order valence-corrected chi connectivity index (χ0v) is 42.5. The fourth-order valence-corrected chi connectivity index (χ4v) is 11.4. The number of fused-ring (bicyclic) bond motifs is 5. The van der Waals surface area contributed by atoms with Crippen LogP contribution in [0.15, 0.2) is 22.8 Å². The molecule has 1 amide bonds. The first-order valence-corrected chi connectivity index (χ1v) is 26.6. The maximum atomic E-state index is 18.1. The molecule has 4 aliphatic rings. The van der Waals surface area contributed by atoms with Crippen LogP contribution in [-0.2, 0) is 26.9 Å². The number of ketones is 2. The van der Waals surface area contributed by atoms with Gasteiger partial charge in [-0.1, -0.05) is 67.4 Å². The summed E-state index contributed by atoms with van der Waals surface area (Å²) in [6.07, 6.45) is 4.93. The number of aliphatic hydroxyl groups is 1. The predicted molar refractivity (Wildman–Crippen MR) is 253 cm³/mol. The van der Waals surface area contributed by atoms with Crippen LogP contribution in [0.2, 0.25) is 18.1 Å². The second-order valence-electron chi connectivity index (χ2n) is 21.7. The van der Waals surface area contributed by atoms with Crippen molar-refractivity contribution >= 4 is 37.4 Å². The SMILES string of the molecule is C=CCN1Cc2c(F)c3c(c(OCCCC)c2N(C(=O)OC(C)(C)C)C[C@H]1CC(C)C)C(O)=C1C(=O)[C@]2(O[Si](C)(C)C(C)(C)C)C(=O)c4c(OCCCC)noc4[C@@H](N(C)C)[C@@H]2C[C@@H]1C3. The molecule has 360 valence electrons. The number of ether oxygens (including phenoxy) is 3. The Hall–Kier alpha value is -4.05. The van der Waals surface area contributed by atoms with Crippen molar-refractivity contribution in [2.75, 3.05) is 45.3 Å². The second kappa shape index (κ2) is 18.9. The number of hydrogen-bond donors (Lipinski definition) is 1. The van der Waals surface area contributed by atoms with Gasteiger partial charge in [-0.2, -0.15) is 0 Å². The summed E-state index contributed by atoms with van der Waals surface area (Å²) in [6.45, 7) is 28.9. The summed E-state index contributed by atoms with van der Waals surface area (Å²) < 4.78 is 50.3. The van der Waals surface area contributed by atoms with Gasteiger partial charge in [0.05, 0.1) is 30.5 Å². The highest BCUT2D eigenvalue weighted by atomic mass is 28.4. The smallest absolute Gasteiger partial charge is 0.414 e. The maximum absolute atomic E-state index is 18.1. The molecule has 0 spiro atoms. The van der Waals surface area contributed by atoms with E-state index in [0.717, 1.165) is 12.8 Å². The number of aliphatic hydroxyl groups excluding tert-OH is 1. The van der Waals surface area contributed by atoms with Gasteiger partial charge in [-0.25, -0.2) is 9.18 Å². The molecule has 1 N–H and O–H groups in total. The Morgan fingerprint density at radius 2 is 1.69 bits per heavy atom. The normalized spacial score (nSPS) is 23.7. The molecule has 1 saturated carbocycles. The van der Waals surface area contributed by atoms with E-state index in [1.807, 2.05) is 66.7 Å². The van der Waals surface area contributed by atoms with Gasteiger partial charge >= 0.3 is 6.09 Å². The molecular weight excluding hydrogens is 848 g/mol. The molecule has 0 saturated heterocycles. The molecule has 0 radical (unpaired) electrons. The van der Waals surface area contributed by atoms with Gasteiger partial charge in [-0.3, -0.25) is 24.3 Å². The first-order chi connectivity index (χ1) is 30.4. The average Bonchev–Trinajstić information content (AvgIpc) is 3.53. The third-order valence-corrected chi connectivity index (χ3v) is 18.4. The zero-order chi connectivity index (χ0) is 48.1. The van der Waals surface area contributed by atoms with E-state index in [1.165, 1.54) is 4.90 Å². The Balaban J connectivity index is 1.67. The quantitative estimate of drug-likeness (QED) is 0.0786. The maximum Gasteiger partial charge on any atom is 0.414 e. The van der Waals surface area contributed by atoms with E-state index in [9.17, 15) is 9.90 Å². The van der Waals surface area contributed by atoms with Crippen LogP contribution >= 0.6 is 0 Å². The topological polar surface area (TPSA) is 144 Å². The fourth-order valence-electron chi connectivity index (χ4n) is 9.93. The van der Waals surface area contributed by atoms with E-state index < -0.39 is 71.7 Å². The van der Waals surface area contributed by atoms with Crippen LogP contribution in [0, 0.1) is 23.6 Å². The van der Waals surface area contributed by atoms with Crippen molar-refractivity contribution in [2.24, 2.45) is 17.8 Å². The number of rotatable bonds is 15.